The Morgan fingerprint density at radius 3 is 2.32 bits per heavy atom. The maximum atomic E-state index is 12.4. The molecule has 2 rings (SSSR count). The van der Waals surface area contributed by atoms with Crippen LogP contribution in [0.15, 0.2) is 24.3 Å². The van der Waals surface area contributed by atoms with Crippen molar-refractivity contribution in [2.45, 2.75) is 50.9 Å². The first-order chi connectivity index (χ1) is 13.4. The van der Waals surface area contributed by atoms with Crippen LogP contribution in [0, 0.1) is 5.92 Å². The van der Waals surface area contributed by atoms with Gasteiger partial charge in [-0.25, -0.2) is 0 Å². The first-order valence-corrected chi connectivity index (χ1v) is 9.88. The van der Waals surface area contributed by atoms with Gasteiger partial charge < -0.3 is 20.7 Å². The maximum Gasteiger partial charge on any atom is 0.451 e. The summed E-state index contributed by atoms with van der Waals surface area (Å²) in [6, 6.07) is 7.54. The molecule has 7 nitrogen and oxygen atoms in total. The van der Waals surface area contributed by atoms with E-state index in [4.69, 9.17) is 37.0 Å². The molecule has 1 aliphatic rings. The van der Waals surface area contributed by atoms with E-state index in [0.29, 0.717) is 23.7 Å². The number of carbonyl (C=O) groups excluding carboxylic acids is 3. The number of unbranched alkanes of at least 4 members (excludes halogenated alkanes) is 1. The Morgan fingerprint density at radius 1 is 1.21 bits per heavy atom. The number of hydrogen-bond acceptors (Lipinski definition) is 6. The van der Waals surface area contributed by atoms with Gasteiger partial charge in [0.2, 0.25) is 5.91 Å². The lowest BCUT2D eigenvalue weighted by atomic mass is 9.82. The van der Waals surface area contributed by atoms with Gasteiger partial charge in [-0.1, -0.05) is 36.6 Å². The highest BCUT2D eigenvalue weighted by molar-refractivity contribution is 6.40. The second-order valence-electron chi connectivity index (χ2n) is 7.03. The normalized spacial score (nSPS) is 15.2. The van der Waals surface area contributed by atoms with Crippen LogP contribution in [0.2, 0.25) is 11.3 Å². The van der Waals surface area contributed by atoms with Crippen LogP contribution in [0.25, 0.3) is 0 Å². The van der Waals surface area contributed by atoms with Gasteiger partial charge in [-0.15, -0.1) is 0 Å². The number of carbonyl (C=O) groups is 1. The molecule has 1 amide bonds. The van der Waals surface area contributed by atoms with E-state index in [1.807, 2.05) is 29.2 Å². The molecule has 1 unspecified atom stereocenters. The summed E-state index contributed by atoms with van der Waals surface area (Å²) in [7, 11) is -1.22. The van der Waals surface area contributed by atoms with E-state index in [2.05, 4.69) is 0 Å². The van der Waals surface area contributed by atoms with Crippen molar-refractivity contribution in [1.29, 1.82) is 0 Å². The molecule has 28 heavy (non-hydrogen) atoms. The zero-order chi connectivity index (χ0) is 20.9. The Balaban J connectivity index is 0.00000122. The van der Waals surface area contributed by atoms with E-state index >= 15 is 0 Å². The summed E-state index contributed by atoms with van der Waals surface area (Å²) in [5.41, 5.74) is 7.27. The Morgan fingerprint density at radius 2 is 1.79 bits per heavy atom. The number of halogens is 1. The topological polar surface area (TPSA) is 121 Å². The smallest absolute Gasteiger partial charge is 0.427 e. The van der Waals surface area contributed by atoms with E-state index < -0.39 is 7.12 Å². The monoisotopic (exact) mass is 410 g/mol. The average molecular weight is 411 g/mol. The number of amides is 1. The average Bonchev–Trinajstić information content (AvgIpc) is 2.67. The number of hydrogen-bond donors (Lipinski definition) is 3. The summed E-state index contributed by atoms with van der Waals surface area (Å²) < 4.78 is 0. The second kappa shape index (κ2) is 13.5. The van der Waals surface area contributed by atoms with Gasteiger partial charge in [0.25, 0.3) is 0 Å². The SMILES string of the molecule is NC(CCCCB(O)O)C1CCN(C(=O)Cc2ccc(Cl)cc2)CC1.O=C=O. The van der Waals surface area contributed by atoms with Gasteiger partial charge in [0.05, 0.1) is 6.42 Å². The molecule has 1 aromatic carbocycles. The molecular weight excluding hydrogens is 382 g/mol. The van der Waals surface area contributed by atoms with Crippen molar-refractivity contribution >= 4 is 30.8 Å². The fourth-order valence-corrected chi connectivity index (χ4v) is 3.53. The third-order valence-electron chi connectivity index (χ3n) is 5.02. The molecule has 9 heteroatoms. The summed E-state index contributed by atoms with van der Waals surface area (Å²) in [5, 5.41) is 18.4. The van der Waals surface area contributed by atoms with Crippen LogP contribution in [-0.4, -0.2) is 53.3 Å². The van der Waals surface area contributed by atoms with E-state index in [1.165, 1.54) is 0 Å². The van der Waals surface area contributed by atoms with Crippen molar-refractivity contribution in [3.05, 3.63) is 34.9 Å². The molecule has 1 heterocycles. The number of nitrogens with zero attached hydrogens (tertiary/aromatic N) is 1. The van der Waals surface area contributed by atoms with Gasteiger partial charge in [0.15, 0.2) is 0 Å². The molecule has 154 valence electrons. The predicted octanol–water partition coefficient (Wildman–Crippen LogP) is 1.51. The van der Waals surface area contributed by atoms with Crippen molar-refractivity contribution in [3.63, 3.8) is 0 Å². The lowest BCUT2D eigenvalue weighted by molar-refractivity contribution is -0.191. The van der Waals surface area contributed by atoms with Crippen molar-refractivity contribution in [2.75, 3.05) is 13.1 Å². The van der Waals surface area contributed by atoms with Gasteiger partial charge in [-0.2, -0.15) is 9.59 Å². The Labute approximate surface area is 171 Å². The van der Waals surface area contributed by atoms with Gasteiger partial charge >= 0.3 is 13.3 Å². The van der Waals surface area contributed by atoms with Crippen molar-refractivity contribution in [1.82, 2.24) is 4.90 Å². The van der Waals surface area contributed by atoms with E-state index in [-0.39, 0.29) is 18.1 Å². The maximum absolute atomic E-state index is 12.4. The van der Waals surface area contributed by atoms with Crippen molar-refractivity contribution in [2.24, 2.45) is 11.7 Å². The number of piperidine rings is 1. The molecule has 1 aromatic rings. The van der Waals surface area contributed by atoms with E-state index in [0.717, 1.165) is 50.8 Å². The lowest BCUT2D eigenvalue weighted by Crippen LogP contribution is -2.44. The van der Waals surface area contributed by atoms with Crippen LogP contribution >= 0.6 is 11.6 Å². The first-order valence-electron chi connectivity index (χ1n) is 9.50. The standard InChI is InChI=1S/C18H28BClN2O3.CO2/c20-16-6-4-14(5-7-16)13-18(23)22-11-8-15(9-12-22)17(21)3-1-2-10-19(24)25;2-1-3/h4-7,15,17,24-25H,1-3,8-13,21H2;. The summed E-state index contributed by atoms with van der Waals surface area (Å²) in [5.74, 6) is 0.602. The minimum atomic E-state index is -1.22. The number of likely N-dealkylation sites (tertiary alicyclic amines) is 1. The van der Waals surface area contributed by atoms with Crippen LogP contribution in [0.4, 0.5) is 0 Å². The van der Waals surface area contributed by atoms with Crippen LogP contribution in [0.5, 0.6) is 0 Å². The van der Waals surface area contributed by atoms with Gasteiger partial charge in [0.1, 0.15) is 0 Å². The number of nitrogens with two attached hydrogens (primary N) is 1. The summed E-state index contributed by atoms with van der Waals surface area (Å²) in [6.45, 7) is 1.53. The number of rotatable bonds is 8. The minimum Gasteiger partial charge on any atom is -0.427 e. The third-order valence-corrected chi connectivity index (χ3v) is 5.27. The van der Waals surface area contributed by atoms with Crippen LogP contribution in [0.3, 0.4) is 0 Å². The highest BCUT2D eigenvalue weighted by atomic mass is 35.5. The molecule has 1 saturated heterocycles. The quantitative estimate of drug-likeness (QED) is 0.441. The molecule has 0 aromatic heterocycles. The molecule has 1 aliphatic heterocycles. The number of benzene rings is 1. The third kappa shape index (κ3) is 9.49. The summed E-state index contributed by atoms with van der Waals surface area (Å²) >= 11 is 5.87. The molecular formula is C19H28BClN2O5. The predicted molar refractivity (Wildman–Crippen MR) is 106 cm³/mol. The van der Waals surface area contributed by atoms with Crippen molar-refractivity contribution in [3.8, 4) is 0 Å². The zero-order valence-electron chi connectivity index (χ0n) is 15.9. The highest BCUT2D eigenvalue weighted by Gasteiger charge is 2.26. The largest absolute Gasteiger partial charge is 0.451 e. The summed E-state index contributed by atoms with van der Waals surface area (Å²) in [4.78, 5) is 30.6. The van der Waals surface area contributed by atoms with Crippen LogP contribution in [0.1, 0.15) is 37.7 Å². The van der Waals surface area contributed by atoms with Crippen LogP contribution in [-0.2, 0) is 20.8 Å². The zero-order valence-corrected chi connectivity index (χ0v) is 16.7. The van der Waals surface area contributed by atoms with E-state index in [9.17, 15) is 4.79 Å². The Bertz CT molecular complexity index is 615. The van der Waals surface area contributed by atoms with Crippen LogP contribution < -0.4 is 5.73 Å². The molecule has 0 bridgehead atoms. The van der Waals surface area contributed by atoms with Gasteiger partial charge in [0, 0.05) is 24.2 Å². The van der Waals surface area contributed by atoms with Gasteiger partial charge in [-0.05, 0) is 49.2 Å². The molecule has 1 atom stereocenters. The van der Waals surface area contributed by atoms with Gasteiger partial charge in [-0.3, -0.25) is 4.79 Å². The second-order valence-corrected chi connectivity index (χ2v) is 7.47. The molecule has 0 aliphatic carbocycles. The Hall–Kier alpha value is -1.70. The highest BCUT2D eigenvalue weighted by Crippen LogP contribution is 2.23. The molecule has 0 radical (unpaired) electrons. The fourth-order valence-electron chi connectivity index (χ4n) is 3.41. The molecule has 0 spiro atoms. The Kier molecular flexibility index (Phi) is 11.7. The first kappa shape index (κ1) is 24.3. The minimum absolute atomic E-state index is 0.129. The molecule has 0 saturated carbocycles. The van der Waals surface area contributed by atoms with E-state index in [1.54, 1.807) is 0 Å². The lowest BCUT2D eigenvalue weighted by Gasteiger charge is -2.35. The molecule has 4 N–H and O–H groups in total. The summed E-state index contributed by atoms with van der Waals surface area (Å²) in [6.07, 6.45) is 5.54. The van der Waals surface area contributed by atoms with Crippen molar-refractivity contribution < 1.29 is 24.4 Å². The molecule has 1 fully saturated rings. The fraction of sp³-hybridized carbons (Fsp3) is 0.579.